The molecule has 1 aromatic carbocycles. The number of hydrogen-bond acceptors (Lipinski definition) is 3. The number of fused-ring (bicyclic) bond motifs is 1. The molecule has 0 radical (unpaired) electrons. The largest absolute Gasteiger partial charge is 0.463 e. The molecule has 0 unspecified atom stereocenters. The molecule has 1 heterocycles. The Morgan fingerprint density at radius 1 is 1.33 bits per heavy atom. The smallest absolute Gasteiger partial charge is 0.342 e. The Morgan fingerprint density at radius 2 is 2.17 bits per heavy atom. The number of esters is 1. The topological polar surface area (TPSA) is 39.4 Å². The minimum absolute atomic E-state index is 0.150. The van der Waals surface area contributed by atoms with Crippen LogP contribution in [-0.2, 0) is 4.74 Å². The van der Waals surface area contributed by atoms with E-state index in [0.717, 1.165) is 17.4 Å². The number of carbonyl (C=O) groups excluding carboxylic acids is 1. The van der Waals surface area contributed by atoms with Crippen molar-refractivity contribution in [3.05, 3.63) is 47.2 Å². The Bertz CT molecular complexity index is 856. The summed E-state index contributed by atoms with van der Waals surface area (Å²) in [5.74, 6) is 6.19. The van der Waals surface area contributed by atoms with Gasteiger partial charge in [0.15, 0.2) is 0 Å². The van der Waals surface area contributed by atoms with E-state index in [-0.39, 0.29) is 11.4 Å². The van der Waals surface area contributed by atoms with Gasteiger partial charge in [-0.1, -0.05) is 31.8 Å². The van der Waals surface area contributed by atoms with Crippen LogP contribution in [-0.4, -0.2) is 12.6 Å². The molecule has 3 nitrogen and oxygen atoms in total. The monoisotopic (exact) mass is 322 g/mol. The molecule has 0 spiro atoms. The van der Waals surface area contributed by atoms with Gasteiger partial charge in [0.2, 0.25) is 0 Å². The van der Waals surface area contributed by atoms with Crippen molar-refractivity contribution in [1.29, 1.82) is 0 Å². The third-order valence-corrected chi connectivity index (χ3v) is 4.50. The standard InChI is InChI=1S/C21H22O3/c1-4-23-20(22)18-14-24-19-13-15(9-11-17(18)19)8-10-16-7-5-6-12-21(16,2)3/h7,9,11,13-14H,4-6,12H2,1-3H3. The van der Waals surface area contributed by atoms with Gasteiger partial charge in [-0.3, -0.25) is 0 Å². The number of hydrogen-bond donors (Lipinski definition) is 0. The van der Waals surface area contributed by atoms with Crippen LogP contribution in [0.15, 0.2) is 40.5 Å². The Kier molecular flexibility index (Phi) is 4.49. The van der Waals surface area contributed by atoms with Gasteiger partial charge in [0.05, 0.1) is 6.61 Å². The fourth-order valence-corrected chi connectivity index (χ4v) is 3.03. The average molecular weight is 322 g/mol. The first kappa shape index (κ1) is 16.4. The summed E-state index contributed by atoms with van der Waals surface area (Å²) in [6.45, 7) is 6.62. The third kappa shape index (κ3) is 3.23. The van der Waals surface area contributed by atoms with Crippen molar-refractivity contribution in [2.24, 2.45) is 5.41 Å². The summed E-state index contributed by atoms with van der Waals surface area (Å²) >= 11 is 0. The van der Waals surface area contributed by atoms with Crippen LogP contribution < -0.4 is 0 Å². The van der Waals surface area contributed by atoms with E-state index < -0.39 is 0 Å². The van der Waals surface area contributed by atoms with E-state index in [1.807, 2.05) is 18.2 Å². The van der Waals surface area contributed by atoms with Crippen LogP contribution >= 0.6 is 0 Å². The third-order valence-electron chi connectivity index (χ3n) is 4.50. The Labute approximate surface area is 142 Å². The highest BCUT2D eigenvalue weighted by molar-refractivity contribution is 6.03. The molecular formula is C21H22O3. The fourth-order valence-electron chi connectivity index (χ4n) is 3.03. The minimum atomic E-state index is -0.357. The number of furan rings is 1. The number of carbonyl (C=O) groups is 1. The number of ether oxygens (including phenoxy) is 1. The number of rotatable bonds is 2. The molecule has 2 aromatic rings. The van der Waals surface area contributed by atoms with E-state index in [9.17, 15) is 4.79 Å². The van der Waals surface area contributed by atoms with Gasteiger partial charge in [-0.05, 0) is 49.8 Å². The summed E-state index contributed by atoms with van der Waals surface area (Å²) in [5.41, 5.74) is 3.36. The molecule has 0 atom stereocenters. The average Bonchev–Trinajstić information content (AvgIpc) is 2.97. The lowest BCUT2D eigenvalue weighted by atomic mass is 9.76. The highest BCUT2D eigenvalue weighted by Gasteiger charge is 2.24. The lowest BCUT2D eigenvalue weighted by Gasteiger charge is -2.28. The Morgan fingerprint density at radius 3 is 2.92 bits per heavy atom. The molecule has 0 saturated carbocycles. The molecular weight excluding hydrogens is 300 g/mol. The van der Waals surface area contributed by atoms with E-state index in [4.69, 9.17) is 9.15 Å². The highest BCUT2D eigenvalue weighted by atomic mass is 16.5. The highest BCUT2D eigenvalue weighted by Crippen LogP contribution is 2.36. The second kappa shape index (κ2) is 6.57. The molecule has 0 saturated heterocycles. The molecule has 0 fully saturated rings. The quantitative estimate of drug-likeness (QED) is 0.570. The van der Waals surface area contributed by atoms with E-state index in [1.54, 1.807) is 6.92 Å². The molecule has 3 heteroatoms. The molecule has 24 heavy (non-hydrogen) atoms. The molecule has 1 aromatic heterocycles. The Hall–Kier alpha value is -2.47. The van der Waals surface area contributed by atoms with Gasteiger partial charge >= 0.3 is 5.97 Å². The van der Waals surface area contributed by atoms with Gasteiger partial charge in [-0.15, -0.1) is 0 Å². The second-order valence-corrected chi connectivity index (χ2v) is 6.72. The van der Waals surface area contributed by atoms with Crippen molar-refractivity contribution < 1.29 is 13.9 Å². The first-order chi connectivity index (χ1) is 11.5. The maximum Gasteiger partial charge on any atom is 0.342 e. The van der Waals surface area contributed by atoms with E-state index in [0.29, 0.717) is 17.8 Å². The molecule has 0 amide bonds. The molecule has 124 valence electrons. The summed E-state index contributed by atoms with van der Waals surface area (Å²) in [6.07, 6.45) is 7.21. The number of allylic oxidation sites excluding steroid dienone is 2. The van der Waals surface area contributed by atoms with E-state index in [1.165, 1.54) is 24.7 Å². The van der Waals surface area contributed by atoms with Gasteiger partial charge in [-0.25, -0.2) is 4.79 Å². The first-order valence-corrected chi connectivity index (χ1v) is 8.42. The Balaban J connectivity index is 1.89. The molecule has 1 aliphatic rings. The summed E-state index contributed by atoms with van der Waals surface area (Å²) < 4.78 is 10.5. The molecule has 0 bridgehead atoms. The van der Waals surface area contributed by atoms with Crippen molar-refractivity contribution in [2.75, 3.05) is 6.61 Å². The van der Waals surface area contributed by atoms with Crippen LogP contribution in [0.5, 0.6) is 0 Å². The zero-order valence-electron chi connectivity index (χ0n) is 14.4. The van der Waals surface area contributed by atoms with Gasteiger partial charge in [-0.2, -0.15) is 0 Å². The van der Waals surface area contributed by atoms with Gasteiger partial charge in [0.25, 0.3) is 0 Å². The van der Waals surface area contributed by atoms with Crippen molar-refractivity contribution in [2.45, 2.75) is 40.0 Å². The zero-order valence-corrected chi connectivity index (χ0v) is 14.4. The van der Waals surface area contributed by atoms with Gasteiger partial charge in [0.1, 0.15) is 17.4 Å². The summed E-state index contributed by atoms with van der Waals surface area (Å²) in [5, 5.41) is 0.760. The predicted octanol–water partition coefficient (Wildman–Crippen LogP) is 5.10. The van der Waals surface area contributed by atoms with Crippen molar-refractivity contribution >= 4 is 16.9 Å². The van der Waals surface area contributed by atoms with Crippen LogP contribution in [0.25, 0.3) is 11.0 Å². The van der Waals surface area contributed by atoms with Crippen LogP contribution in [0, 0.1) is 17.3 Å². The second-order valence-electron chi connectivity index (χ2n) is 6.72. The summed E-state index contributed by atoms with van der Waals surface area (Å²) in [4.78, 5) is 11.9. The number of benzene rings is 1. The minimum Gasteiger partial charge on any atom is -0.463 e. The lowest BCUT2D eigenvalue weighted by Crippen LogP contribution is -2.16. The lowest BCUT2D eigenvalue weighted by molar-refractivity contribution is 0.0527. The molecule has 3 rings (SSSR count). The molecule has 0 N–H and O–H groups in total. The maximum atomic E-state index is 11.9. The first-order valence-electron chi connectivity index (χ1n) is 8.42. The van der Waals surface area contributed by atoms with Crippen molar-refractivity contribution in [1.82, 2.24) is 0 Å². The van der Waals surface area contributed by atoms with Crippen LogP contribution in [0.4, 0.5) is 0 Å². The predicted molar refractivity (Wildman–Crippen MR) is 94.8 cm³/mol. The van der Waals surface area contributed by atoms with Gasteiger partial charge in [0, 0.05) is 16.5 Å². The maximum absolute atomic E-state index is 11.9. The molecule has 0 aliphatic heterocycles. The van der Waals surface area contributed by atoms with Crippen LogP contribution in [0.3, 0.4) is 0 Å². The SMILES string of the molecule is CCOC(=O)c1coc2cc(C#CC3=CCCCC3(C)C)ccc12. The van der Waals surface area contributed by atoms with Crippen LogP contribution in [0.2, 0.25) is 0 Å². The zero-order chi connectivity index (χ0) is 17.2. The van der Waals surface area contributed by atoms with E-state index in [2.05, 4.69) is 31.8 Å². The van der Waals surface area contributed by atoms with E-state index >= 15 is 0 Å². The van der Waals surface area contributed by atoms with Crippen molar-refractivity contribution in [3.8, 4) is 11.8 Å². The molecule has 1 aliphatic carbocycles. The van der Waals surface area contributed by atoms with Crippen LogP contribution in [0.1, 0.15) is 56.0 Å². The summed E-state index contributed by atoms with van der Waals surface area (Å²) in [6, 6.07) is 5.67. The fraction of sp³-hybridized carbons (Fsp3) is 0.381. The van der Waals surface area contributed by atoms with Crippen molar-refractivity contribution in [3.63, 3.8) is 0 Å². The normalized spacial score (nSPS) is 16.2. The summed E-state index contributed by atoms with van der Waals surface area (Å²) in [7, 11) is 0. The van der Waals surface area contributed by atoms with Gasteiger partial charge < -0.3 is 9.15 Å².